The van der Waals surface area contributed by atoms with Crippen LogP contribution in [0.4, 0.5) is 0 Å². The minimum Gasteiger partial charge on any atom is -0.295 e. The van der Waals surface area contributed by atoms with Crippen molar-refractivity contribution in [1.29, 1.82) is 0 Å². The number of alkyl halides is 1. The average Bonchev–Trinajstić information content (AvgIpc) is 2.19. The van der Waals surface area contributed by atoms with Crippen LogP contribution >= 0.6 is 31.9 Å². The Morgan fingerprint density at radius 1 is 1.36 bits per heavy atom. The summed E-state index contributed by atoms with van der Waals surface area (Å²) in [7, 11) is 0. The van der Waals surface area contributed by atoms with Crippen molar-refractivity contribution in [1.82, 2.24) is 0 Å². The first-order valence-electron chi connectivity index (χ1n) is 4.17. The summed E-state index contributed by atoms with van der Waals surface area (Å²) in [6.07, 6.45) is 0. The van der Waals surface area contributed by atoms with Crippen LogP contribution in [0.5, 0.6) is 0 Å². The van der Waals surface area contributed by atoms with E-state index in [4.69, 9.17) is 0 Å². The van der Waals surface area contributed by atoms with E-state index in [0.29, 0.717) is 0 Å². The molecule has 0 amide bonds. The van der Waals surface area contributed by atoms with Crippen LogP contribution in [0.25, 0.3) is 0 Å². The van der Waals surface area contributed by atoms with Crippen LogP contribution in [0, 0.1) is 0 Å². The Bertz CT molecular complexity index is 344. The fraction of sp³-hybridized carbons (Fsp3) is 0.182. The van der Waals surface area contributed by atoms with E-state index in [1.165, 1.54) is 0 Å². The van der Waals surface area contributed by atoms with E-state index in [-0.39, 0.29) is 10.6 Å². The van der Waals surface area contributed by atoms with Gasteiger partial charge in [-0.15, -0.1) is 0 Å². The Balaban J connectivity index is 2.96. The summed E-state index contributed by atoms with van der Waals surface area (Å²) in [6.45, 7) is 1.56. The van der Waals surface area contributed by atoms with Crippen LogP contribution in [0.3, 0.4) is 0 Å². The van der Waals surface area contributed by atoms with E-state index in [9.17, 15) is 4.79 Å². The van der Waals surface area contributed by atoms with E-state index in [1.807, 2.05) is 30.3 Å². The number of benzene rings is 1. The van der Waals surface area contributed by atoms with Gasteiger partial charge in [0, 0.05) is 5.57 Å². The molecular formula is C11H10Br2O. The van der Waals surface area contributed by atoms with Gasteiger partial charge in [-0.25, -0.2) is 0 Å². The van der Waals surface area contributed by atoms with Crippen molar-refractivity contribution in [2.24, 2.45) is 0 Å². The van der Waals surface area contributed by atoms with Crippen molar-refractivity contribution >= 4 is 37.6 Å². The number of allylic oxidation sites excluding steroid dienone is 1. The quantitative estimate of drug-likeness (QED) is 0.608. The molecule has 74 valence electrons. The Hall–Kier alpha value is -0.410. The maximum Gasteiger partial charge on any atom is 0.157 e. The molecule has 0 heterocycles. The number of Topliss-reactive ketones (excluding diaryl/α,β-unsaturated/α-hetero) is 1. The molecule has 1 rings (SSSR count). The highest BCUT2D eigenvalue weighted by molar-refractivity contribution is 9.11. The fourth-order valence-electron chi connectivity index (χ4n) is 1.11. The van der Waals surface area contributed by atoms with E-state index in [0.717, 1.165) is 11.1 Å². The molecule has 1 unspecified atom stereocenters. The van der Waals surface area contributed by atoms with Crippen LogP contribution in [0.15, 0.2) is 40.9 Å². The summed E-state index contributed by atoms with van der Waals surface area (Å²) in [6, 6.07) is 9.83. The molecule has 0 saturated carbocycles. The predicted octanol–water partition coefficient (Wildman–Crippen LogP) is 3.99. The number of rotatable bonds is 3. The van der Waals surface area contributed by atoms with Crippen LogP contribution in [-0.2, 0) is 4.79 Å². The number of halogens is 2. The normalized spacial score (nSPS) is 13.8. The highest BCUT2D eigenvalue weighted by atomic mass is 79.9. The zero-order valence-corrected chi connectivity index (χ0v) is 10.9. The summed E-state index contributed by atoms with van der Waals surface area (Å²) < 4.78 is 0. The second-order valence-electron chi connectivity index (χ2n) is 2.89. The lowest BCUT2D eigenvalue weighted by Gasteiger charge is -2.10. The summed E-state index contributed by atoms with van der Waals surface area (Å²) in [5, 5.41) is 0. The predicted molar refractivity (Wildman–Crippen MR) is 65.8 cm³/mol. The molecule has 1 aromatic carbocycles. The molecule has 0 aliphatic heterocycles. The van der Waals surface area contributed by atoms with Crippen LogP contribution in [0.1, 0.15) is 17.3 Å². The van der Waals surface area contributed by atoms with Crippen molar-refractivity contribution < 1.29 is 4.79 Å². The molecule has 1 nitrogen and oxygen atoms in total. The van der Waals surface area contributed by atoms with Gasteiger partial charge in [-0.05, 0) is 17.5 Å². The van der Waals surface area contributed by atoms with Gasteiger partial charge < -0.3 is 0 Å². The lowest BCUT2D eigenvalue weighted by molar-refractivity contribution is -0.113. The topological polar surface area (TPSA) is 17.1 Å². The van der Waals surface area contributed by atoms with Crippen molar-refractivity contribution in [3.63, 3.8) is 0 Å². The van der Waals surface area contributed by atoms with Crippen molar-refractivity contribution in [3.8, 4) is 0 Å². The molecule has 0 N–H and O–H groups in total. The van der Waals surface area contributed by atoms with Gasteiger partial charge in [0.25, 0.3) is 0 Å². The number of carbonyl (C=O) groups is 1. The Morgan fingerprint density at radius 2 is 1.93 bits per heavy atom. The number of hydrogen-bond donors (Lipinski definition) is 0. The van der Waals surface area contributed by atoms with Crippen molar-refractivity contribution in [3.05, 3.63) is 46.5 Å². The van der Waals surface area contributed by atoms with E-state index in [2.05, 4.69) is 31.9 Å². The largest absolute Gasteiger partial charge is 0.295 e. The molecule has 14 heavy (non-hydrogen) atoms. The zero-order chi connectivity index (χ0) is 10.6. The average molecular weight is 318 g/mol. The second-order valence-corrected chi connectivity index (χ2v) is 4.27. The Kier molecular flexibility index (Phi) is 4.55. The lowest BCUT2D eigenvalue weighted by atomic mass is 10.0. The first kappa shape index (κ1) is 11.7. The highest BCUT2D eigenvalue weighted by Gasteiger charge is 2.15. The molecule has 0 bridgehead atoms. The molecule has 0 radical (unpaired) electrons. The van der Waals surface area contributed by atoms with Gasteiger partial charge in [0.1, 0.15) is 0 Å². The van der Waals surface area contributed by atoms with Crippen LogP contribution < -0.4 is 0 Å². The van der Waals surface area contributed by atoms with Gasteiger partial charge in [-0.3, -0.25) is 4.79 Å². The van der Waals surface area contributed by atoms with Crippen molar-refractivity contribution in [2.75, 3.05) is 0 Å². The minimum absolute atomic E-state index is 0.0411. The minimum atomic E-state index is -0.0411. The summed E-state index contributed by atoms with van der Waals surface area (Å²) in [5.74, 6) is 0.0626. The number of carbonyl (C=O) groups excluding carboxylic acids is 1. The van der Waals surface area contributed by atoms with Gasteiger partial charge in [-0.2, -0.15) is 0 Å². The van der Waals surface area contributed by atoms with Crippen LogP contribution in [-0.4, -0.2) is 5.78 Å². The SMILES string of the molecule is CC(=O)/C(=C/Br)C(Br)c1ccccc1. The summed E-state index contributed by atoms with van der Waals surface area (Å²) in [5.41, 5.74) is 1.80. The van der Waals surface area contributed by atoms with Gasteiger partial charge in [0.05, 0.1) is 4.83 Å². The summed E-state index contributed by atoms with van der Waals surface area (Å²) >= 11 is 6.70. The molecule has 0 aliphatic rings. The molecule has 0 saturated heterocycles. The number of hydrogen-bond acceptors (Lipinski definition) is 1. The first-order valence-corrected chi connectivity index (χ1v) is 6.00. The van der Waals surface area contributed by atoms with Gasteiger partial charge >= 0.3 is 0 Å². The third kappa shape index (κ3) is 2.79. The first-order chi connectivity index (χ1) is 6.66. The molecular weight excluding hydrogens is 308 g/mol. The smallest absolute Gasteiger partial charge is 0.157 e. The molecule has 0 aromatic heterocycles. The number of ketones is 1. The molecule has 3 heteroatoms. The molecule has 1 atom stereocenters. The maximum absolute atomic E-state index is 11.3. The third-order valence-corrected chi connectivity index (χ3v) is 3.40. The monoisotopic (exact) mass is 316 g/mol. The maximum atomic E-state index is 11.3. The molecule has 0 fully saturated rings. The Labute approximate surface area is 100 Å². The highest BCUT2D eigenvalue weighted by Crippen LogP contribution is 2.31. The second kappa shape index (κ2) is 5.47. The Morgan fingerprint density at radius 3 is 2.36 bits per heavy atom. The van der Waals surface area contributed by atoms with Gasteiger partial charge in [0.2, 0.25) is 0 Å². The van der Waals surface area contributed by atoms with Gasteiger partial charge in [-0.1, -0.05) is 62.2 Å². The van der Waals surface area contributed by atoms with E-state index < -0.39 is 0 Å². The van der Waals surface area contributed by atoms with Crippen molar-refractivity contribution in [2.45, 2.75) is 11.8 Å². The molecule has 0 spiro atoms. The molecule has 1 aromatic rings. The van der Waals surface area contributed by atoms with Crippen LogP contribution in [0.2, 0.25) is 0 Å². The zero-order valence-electron chi connectivity index (χ0n) is 7.71. The summed E-state index contributed by atoms with van der Waals surface area (Å²) in [4.78, 5) is 12.9. The van der Waals surface area contributed by atoms with Gasteiger partial charge in [0.15, 0.2) is 5.78 Å². The third-order valence-electron chi connectivity index (χ3n) is 1.89. The van der Waals surface area contributed by atoms with E-state index >= 15 is 0 Å². The van der Waals surface area contributed by atoms with E-state index in [1.54, 1.807) is 11.9 Å². The standard InChI is InChI=1S/C11H10Br2O/c1-8(14)10(7-12)11(13)9-5-3-2-4-6-9/h2-7,11H,1H3/b10-7-. The molecule has 0 aliphatic carbocycles. The lowest BCUT2D eigenvalue weighted by Crippen LogP contribution is -2.02. The fourth-order valence-corrected chi connectivity index (χ4v) is 2.81.